The fourth-order valence-electron chi connectivity index (χ4n) is 8.73. The van der Waals surface area contributed by atoms with Crippen LogP contribution in [0, 0.1) is 42.7 Å². The molecule has 0 saturated carbocycles. The van der Waals surface area contributed by atoms with Crippen molar-refractivity contribution >= 4 is 55.0 Å². The third kappa shape index (κ3) is 5.45. The highest BCUT2D eigenvalue weighted by Gasteiger charge is 2.26. The minimum atomic E-state index is 0.444. The standard InChI is InChI=1S/C53H30N6/c1-33-11-8-15-39(32-55)51(33)43-23-26-50(58-46-19-6-4-17-41(46)44-30-38(21-24-48(44)58)36-14-10-16-40(28-36)56-2)52(57-3)53(43)59-47-20-7-5-18-42(47)45-29-37(22-25-49(45)59)35-13-9-12-34(27-35)31-54/h4-30H,1H3. The zero-order chi connectivity index (χ0) is 40.2. The van der Waals surface area contributed by atoms with Gasteiger partial charge in [-0.2, -0.15) is 10.5 Å². The van der Waals surface area contributed by atoms with Gasteiger partial charge in [0, 0.05) is 27.1 Å². The van der Waals surface area contributed by atoms with E-state index in [1.807, 2.05) is 97.9 Å². The molecule has 0 fully saturated rings. The molecule has 2 aromatic heterocycles. The van der Waals surface area contributed by atoms with Crippen LogP contribution in [-0.4, -0.2) is 9.13 Å². The molecule has 0 spiro atoms. The monoisotopic (exact) mass is 750 g/mol. The summed E-state index contributed by atoms with van der Waals surface area (Å²) in [5.41, 5.74) is 13.7. The number of hydrogen-bond acceptors (Lipinski definition) is 2. The lowest BCUT2D eigenvalue weighted by Crippen LogP contribution is -2.04. The summed E-state index contributed by atoms with van der Waals surface area (Å²) in [5.74, 6) is 0. The second-order valence-corrected chi connectivity index (χ2v) is 14.6. The van der Waals surface area contributed by atoms with Crippen molar-refractivity contribution in [2.24, 2.45) is 0 Å². The molecule has 0 aliphatic heterocycles. The van der Waals surface area contributed by atoms with Gasteiger partial charge in [0.15, 0.2) is 5.69 Å². The lowest BCUT2D eigenvalue weighted by Gasteiger charge is -2.21. The second-order valence-electron chi connectivity index (χ2n) is 14.6. The van der Waals surface area contributed by atoms with Crippen LogP contribution < -0.4 is 0 Å². The quantitative estimate of drug-likeness (QED) is 0.164. The molecular weight excluding hydrogens is 721 g/mol. The number of nitrogens with zero attached hydrogens (tertiary/aromatic N) is 6. The first-order valence-corrected chi connectivity index (χ1v) is 19.1. The van der Waals surface area contributed by atoms with Crippen LogP contribution in [0.5, 0.6) is 0 Å². The molecule has 0 atom stereocenters. The summed E-state index contributed by atoms with van der Waals surface area (Å²) in [6, 6.07) is 59.0. The summed E-state index contributed by atoms with van der Waals surface area (Å²) in [7, 11) is 0. The lowest BCUT2D eigenvalue weighted by atomic mass is 9.93. The topological polar surface area (TPSA) is 66.2 Å². The van der Waals surface area contributed by atoms with Gasteiger partial charge in [-0.15, -0.1) is 0 Å². The zero-order valence-corrected chi connectivity index (χ0v) is 31.8. The zero-order valence-electron chi connectivity index (χ0n) is 31.8. The highest BCUT2D eigenvalue weighted by molar-refractivity contribution is 6.14. The average Bonchev–Trinajstić information content (AvgIpc) is 3.80. The van der Waals surface area contributed by atoms with Gasteiger partial charge in [-0.25, -0.2) is 9.69 Å². The Kier molecular flexibility index (Phi) is 8.14. The average molecular weight is 751 g/mol. The minimum absolute atomic E-state index is 0.444. The Labute approximate surface area is 340 Å². The third-order valence-electron chi connectivity index (χ3n) is 11.3. The molecule has 0 bridgehead atoms. The fourth-order valence-corrected chi connectivity index (χ4v) is 8.73. The Hall–Kier alpha value is -8.68. The van der Waals surface area contributed by atoms with Crippen LogP contribution in [0.2, 0.25) is 0 Å². The highest BCUT2D eigenvalue weighted by Crippen LogP contribution is 2.47. The molecule has 0 saturated heterocycles. The molecule has 10 aromatic rings. The van der Waals surface area contributed by atoms with E-state index in [0.717, 1.165) is 88.2 Å². The Bertz CT molecular complexity index is 3570. The molecule has 0 aliphatic carbocycles. The molecule has 8 aromatic carbocycles. The van der Waals surface area contributed by atoms with E-state index < -0.39 is 0 Å². The normalized spacial score (nSPS) is 11.1. The van der Waals surface area contributed by atoms with Gasteiger partial charge < -0.3 is 9.13 Å². The summed E-state index contributed by atoms with van der Waals surface area (Å²) < 4.78 is 4.37. The summed E-state index contributed by atoms with van der Waals surface area (Å²) in [4.78, 5) is 8.07. The van der Waals surface area contributed by atoms with Gasteiger partial charge in [0.05, 0.1) is 69.9 Å². The third-order valence-corrected chi connectivity index (χ3v) is 11.3. The Balaban J connectivity index is 1.31. The van der Waals surface area contributed by atoms with Crippen LogP contribution in [0.4, 0.5) is 11.4 Å². The molecule has 6 nitrogen and oxygen atoms in total. The smallest absolute Gasteiger partial charge is 0.234 e. The molecule has 0 aliphatic rings. The van der Waals surface area contributed by atoms with Crippen LogP contribution in [0.3, 0.4) is 0 Å². The highest BCUT2D eigenvalue weighted by atomic mass is 15.1. The Morgan fingerprint density at radius 1 is 0.492 bits per heavy atom. The molecule has 2 heterocycles. The minimum Gasteiger partial charge on any atom is -0.319 e. The van der Waals surface area contributed by atoms with Crippen molar-refractivity contribution in [3.05, 3.63) is 203 Å². The fraction of sp³-hybridized carbons (Fsp3) is 0.0189. The maximum atomic E-state index is 10.5. The number of aromatic nitrogens is 2. The first-order valence-electron chi connectivity index (χ1n) is 19.1. The van der Waals surface area contributed by atoms with Crippen LogP contribution >= 0.6 is 0 Å². The largest absolute Gasteiger partial charge is 0.319 e. The van der Waals surface area contributed by atoms with Gasteiger partial charge in [0.1, 0.15) is 0 Å². The molecule has 0 unspecified atom stereocenters. The van der Waals surface area contributed by atoms with Crippen LogP contribution in [-0.2, 0) is 0 Å². The number of hydrogen-bond donors (Lipinski definition) is 0. The number of rotatable bonds is 5. The van der Waals surface area contributed by atoms with Crippen molar-refractivity contribution < 1.29 is 0 Å². The first kappa shape index (κ1) is 34.8. The van der Waals surface area contributed by atoms with Crippen LogP contribution in [0.15, 0.2) is 164 Å². The van der Waals surface area contributed by atoms with Crippen molar-refractivity contribution in [3.63, 3.8) is 0 Å². The summed E-state index contributed by atoms with van der Waals surface area (Å²) in [6.45, 7) is 18.6. The van der Waals surface area contributed by atoms with Gasteiger partial charge in [-0.1, -0.05) is 97.1 Å². The van der Waals surface area contributed by atoms with Crippen LogP contribution in [0.25, 0.3) is 98.1 Å². The summed E-state index contributed by atoms with van der Waals surface area (Å²) >= 11 is 0. The summed E-state index contributed by atoms with van der Waals surface area (Å²) in [6.07, 6.45) is 0. The SMILES string of the molecule is [C-]#[N+]c1cccc(-c2ccc3c(c2)c2ccccc2n3-c2ccc(-c3c(C)cccc3C#N)c(-n3c4ccccc4c4cc(-c5cccc(C#N)c5)ccc43)c2[N+]#[C-])c1. The van der Waals surface area contributed by atoms with Gasteiger partial charge in [-0.3, -0.25) is 0 Å². The van der Waals surface area contributed by atoms with Crippen molar-refractivity contribution in [1.29, 1.82) is 10.5 Å². The van der Waals surface area contributed by atoms with Gasteiger partial charge in [-0.05, 0) is 107 Å². The number of fused-ring (bicyclic) bond motifs is 6. The number of benzene rings is 8. The van der Waals surface area contributed by atoms with E-state index in [1.165, 1.54) is 0 Å². The molecular formula is C53H30N6. The molecule has 6 heteroatoms. The predicted molar refractivity (Wildman–Crippen MR) is 238 cm³/mol. The van der Waals surface area contributed by atoms with Crippen molar-refractivity contribution in [3.8, 4) is 56.9 Å². The van der Waals surface area contributed by atoms with E-state index in [2.05, 4.69) is 97.7 Å². The van der Waals surface area contributed by atoms with Gasteiger partial charge in [0.25, 0.3) is 0 Å². The van der Waals surface area contributed by atoms with E-state index in [9.17, 15) is 10.5 Å². The summed E-state index contributed by atoms with van der Waals surface area (Å²) in [5, 5.41) is 24.2. The van der Waals surface area contributed by atoms with E-state index in [0.29, 0.717) is 28.2 Å². The number of para-hydroxylation sites is 2. The van der Waals surface area contributed by atoms with Crippen molar-refractivity contribution in [2.45, 2.75) is 6.92 Å². The maximum Gasteiger partial charge on any atom is 0.234 e. The second kappa shape index (κ2) is 13.8. The maximum absolute atomic E-state index is 10.5. The number of nitriles is 2. The van der Waals surface area contributed by atoms with Crippen molar-refractivity contribution in [1.82, 2.24) is 9.13 Å². The molecule has 0 amide bonds. The van der Waals surface area contributed by atoms with Gasteiger partial charge in [0.2, 0.25) is 5.69 Å². The molecule has 59 heavy (non-hydrogen) atoms. The van der Waals surface area contributed by atoms with Crippen molar-refractivity contribution in [2.75, 3.05) is 0 Å². The molecule has 272 valence electrons. The van der Waals surface area contributed by atoms with E-state index in [-0.39, 0.29) is 0 Å². The van der Waals surface area contributed by atoms with E-state index in [4.69, 9.17) is 13.1 Å². The lowest BCUT2D eigenvalue weighted by molar-refractivity contribution is 1.14. The molecule has 10 rings (SSSR count). The number of aryl methyl sites for hydroxylation is 1. The van der Waals surface area contributed by atoms with E-state index in [1.54, 1.807) is 6.07 Å². The van der Waals surface area contributed by atoms with E-state index >= 15 is 0 Å². The Morgan fingerprint density at radius 3 is 1.75 bits per heavy atom. The predicted octanol–water partition coefficient (Wildman–Crippen LogP) is 14.0. The first-order chi connectivity index (χ1) is 29.0. The molecule has 0 radical (unpaired) electrons. The molecule has 0 N–H and O–H groups in total. The van der Waals surface area contributed by atoms with Gasteiger partial charge >= 0.3 is 0 Å². The Morgan fingerprint density at radius 2 is 1.08 bits per heavy atom. The van der Waals surface area contributed by atoms with Crippen LogP contribution in [0.1, 0.15) is 16.7 Å².